The second-order valence-electron chi connectivity index (χ2n) is 8.26. The number of amides is 2. The van der Waals surface area contributed by atoms with Gasteiger partial charge >= 0.3 is 7.12 Å². The smallest absolute Gasteiger partial charge is 0.522 e. The first-order valence-corrected chi connectivity index (χ1v) is 9.86. The summed E-state index contributed by atoms with van der Waals surface area (Å²) < 4.78 is 10.5. The molecule has 0 fully saturated rings. The number of fused-ring (bicyclic) bond motifs is 1. The second-order valence-corrected chi connectivity index (χ2v) is 8.26. The van der Waals surface area contributed by atoms with Crippen molar-refractivity contribution in [3.05, 3.63) is 53.1 Å². The Hall–Kier alpha value is -3.33. The van der Waals surface area contributed by atoms with Gasteiger partial charge in [0.15, 0.2) is 5.90 Å². The van der Waals surface area contributed by atoms with E-state index in [9.17, 15) is 14.6 Å². The van der Waals surface area contributed by atoms with Crippen LogP contribution in [-0.2, 0) is 4.65 Å². The summed E-state index contributed by atoms with van der Waals surface area (Å²) in [4.78, 5) is 30.6. The monoisotopic (exact) mass is 423 g/mol. The Balaban J connectivity index is 1.93. The van der Waals surface area contributed by atoms with E-state index in [4.69, 9.17) is 9.39 Å². The lowest BCUT2D eigenvalue weighted by Gasteiger charge is -2.35. The van der Waals surface area contributed by atoms with Gasteiger partial charge < -0.3 is 14.4 Å². The molecule has 0 aliphatic carbocycles. The van der Waals surface area contributed by atoms with E-state index in [-0.39, 0.29) is 0 Å². The van der Waals surface area contributed by atoms with E-state index in [0.29, 0.717) is 39.5 Å². The van der Waals surface area contributed by atoms with Crippen molar-refractivity contribution in [1.82, 2.24) is 10.4 Å². The molecule has 9 heteroatoms. The molecule has 31 heavy (non-hydrogen) atoms. The van der Waals surface area contributed by atoms with Crippen LogP contribution in [0.5, 0.6) is 5.75 Å². The molecule has 8 nitrogen and oxygen atoms in total. The van der Waals surface area contributed by atoms with E-state index in [1.807, 2.05) is 20.8 Å². The number of benzene rings is 2. The largest absolute Gasteiger partial charge is 0.563 e. The molecular formula is C22H26BN3O5. The predicted octanol–water partition coefficient (Wildman–Crippen LogP) is 2.36. The lowest BCUT2D eigenvalue weighted by Crippen LogP contribution is -2.56. The van der Waals surface area contributed by atoms with Gasteiger partial charge in [0.05, 0.1) is 18.3 Å². The van der Waals surface area contributed by atoms with Crippen molar-refractivity contribution in [2.45, 2.75) is 40.2 Å². The number of rotatable bonds is 3. The number of aliphatic imine (C=N–C) groups is 1. The van der Waals surface area contributed by atoms with Crippen LogP contribution in [0.1, 0.15) is 54.0 Å². The molecule has 1 aliphatic heterocycles. The summed E-state index contributed by atoms with van der Waals surface area (Å²) in [6.07, 6.45) is 0. The van der Waals surface area contributed by atoms with Crippen molar-refractivity contribution in [3.8, 4) is 5.75 Å². The first kappa shape index (κ1) is 22.4. The molecule has 0 unspecified atom stereocenters. The summed E-state index contributed by atoms with van der Waals surface area (Å²) in [6, 6.07) is 9.92. The third-order valence-corrected chi connectivity index (χ3v) is 4.94. The van der Waals surface area contributed by atoms with Crippen LogP contribution in [0.3, 0.4) is 0 Å². The maximum Gasteiger partial charge on any atom is 0.563 e. The Labute approximate surface area is 182 Å². The van der Waals surface area contributed by atoms with Crippen molar-refractivity contribution in [3.63, 3.8) is 0 Å². The molecule has 0 saturated heterocycles. The number of nitrogens with one attached hydrogen (secondary N) is 1. The minimum absolute atomic E-state index is 0.305. The van der Waals surface area contributed by atoms with E-state index >= 15 is 0 Å². The van der Waals surface area contributed by atoms with E-state index < -0.39 is 24.5 Å². The number of carbonyl (C=O) groups excluding carboxylic acids is 2. The van der Waals surface area contributed by atoms with Gasteiger partial charge in [-0.3, -0.25) is 15.0 Å². The van der Waals surface area contributed by atoms with Crippen molar-refractivity contribution in [2.24, 2.45) is 4.99 Å². The zero-order valence-electron chi connectivity index (χ0n) is 18.5. The highest BCUT2D eigenvalue weighted by molar-refractivity contribution is 6.64. The fourth-order valence-electron chi connectivity index (χ4n) is 3.30. The van der Waals surface area contributed by atoms with Gasteiger partial charge in [-0.25, -0.2) is 10.0 Å². The number of hydrogen-bond donors (Lipinski definition) is 2. The summed E-state index contributed by atoms with van der Waals surface area (Å²) in [5, 5.41) is 11.3. The van der Waals surface area contributed by atoms with Gasteiger partial charge in [0.1, 0.15) is 5.75 Å². The fraction of sp³-hybridized carbons (Fsp3) is 0.318. The minimum Gasteiger partial charge on any atom is -0.522 e. The first-order valence-electron chi connectivity index (χ1n) is 9.86. The van der Waals surface area contributed by atoms with Crippen LogP contribution in [0.15, 0.2) is 41.4 Å². The number of methoxy groups -OCH3 is 1. The quantitative estimate of drug-likeness (QED) is 0.583. The van der Waals surface area contributed by atoms with E-state index in [1.165, 1.54) is 12.1 Å². The van der Waals surface area contributed by atoms with Gasteiger partial charge in [0, 0.05) is 29.1 Å². The fourth-order valence-corrected chi connectivity index (χ4v) is 3.30. The minimum atomic E-state index is -1.13. The molecule has 2 N–H and O–H groups in total. The van der Waals surface area contributed by atoms with Crippen LogP contribution < -0.4 is 15.6 Å². The molecule has 2 aromatic carbocycles. The summed E-state index contributed by atoms with van der Waals surface area (Å²) in [5.74, 6) is 0.0671. The molecule has 0 radical (unpaired) electrons. The molecule has 0 bridgehead atoms. The van der Waals surface area contributed by atoms with Gasteiger partial charge in [0.25, 0.3) is 11.8 Å². The van der Waals surface area contributed by atoms with E-state index in [1.54, 1.807) is 50.2 Å². The number of ether oxygens (including phenoxy) is 1. The average Bonchev–Trinajstić information content (AvgIpc) is 2.70. The molecule has 0 aromatic heterocycles. The van der Waals surface area contributed by atoms with Gasteiger partial charge in [-0.05, 0) is 52.0 Å². The summed E-state index contributed by atoms with van der Waals surface area (Å²) in [6.45, 7) is 8.87. The van der Waals surface area contributed by atoms with Gasteiger partial charge in [0.2, 0.25) is 0 Å². The van der Waals surface area contributed by atoms with Crippen LogP contribution in [0.4, 0.5) is 5.69 Å². The molecule has 162 valence electrons. The summed E-state index contributed by atoms with van der Waals surface area (Å²) in [5.41, 5.74) is 4.36. The Morgan fingerprint density at radius 2 is 1.90 bits per heavy atom. The van der Waals surface area contributed by atoms with Crippen LogP contribution in [0.25, 0.3) is 0 Å². The Morgan fingerprint density at radius 1 is 1.19 bits per heavy atom. The van der Waals surface area contributed by atoms with Crippen LogP contribution in [-0.4, -0.2) is 47.5 Å². The highest BCUT2D eigenvalue weighted by Crippen LogP contribution is 2.23. The summed E-state index contributed by atoms with van der Waals surface area (Å²) >= 11 is 0. The molecule has 1 aliphatic rings. The SMILES string of the molecule is COc1cccc(C(=O)NN(C(=O)c2ccc3c(c2)N=C(C)OB3O)C(C)(C)C)c1C. The predicted molar refractivity (Wildman–Crippen MR) is 119 cm³/mol. The van der Waals surface area contributed by atoms with E-state index in [0.717, 1.165) is 0 Å². The third kappa shape index (κ3) is 4.56. The molecule has 1 heterocycles. The van der Waals surface area contributed by atoms with Crippen molar-refractivity contribution >= 4 is 36.0 Å². The van der Waals surface area contributed by atoms with Gasteiger partial charge in [-0.15, -0.1) is 0 Å². The van der Waals surface area contributed by atoms with Crippen LogP contribution >= 0.6 is 0 Å². The lowest BCUT2D eigenvalue weighted by molar-refractivity contribution is 0.0358. The Kier molecular flexibility index (Phi) is 6.08. The van der Waals surface area contributed by atoms with Crippen molar-refractivity contribution < 1.29 is 24.0 Å². The number of nitrogens with zero attached hydrogens (tertiary/aromatic N) is 2. The highest BCUT2D eigenvalue weighted by atomic mass is 16.5. The average molecular weight is 423 g/mol. The molecule has 2 amide bonds. The number of hydrogen-bond acceptors (Lipinski definition) is 6. The van der Waals surface area contributed by atoms with Crippen molar-refractivity contribution in [2.75, 3.05) is 7.11 Å². The van der Waals surface area contributed by atoms with Crippen molar-refractivity contribution in [1.29, 1.82) is 0 Å². The number of carbonyl (C=O) groups is 2. The standard InChI is InChI=1S/C22H26BN3O5/c1-13-16(8-7-9-19(13)30-6)20(27)25-26(22(3,4)5)21(28)15-10-11-17-18(12-15)24-14(2)31-23(17)29/h7-12,29H,1-6H3,(H,25,27). The van der Waals surface area contributed by atoms with Crippen LogP contribution in [0.2, 0.25) is 0 Å². The Bertz CT molecular complexity index is 1060. The zero-order valence-corrected chi connectivity index (χ0v) is 18.5. The lowest BCUT2D eigenvalue weighted by atomic mass is 9.77. The molecule has 2 aromatic rings. The van der Waals surface area contributed by atoms with E-state index in [2.05, 4.69) is 10.4 Å². The zero-order chi connectivity index (χ0) is 22.9. The topological polar surface area (TPSA) is 100 Å². The maximum absolute atomic E-state index is 13.4. The Morgan fingerprint density at radius 3 is 2.55 bits per heavy atom. The summed E-state index contributed by atoms with van der Waals surface area (Å²) in [7, 11) is 0.406. The van der Waals surface area contributed by atoms with Gasteiger partial charge in [-0.1, -0.05) is 12.1 Å². The molecule has 3 rings (SSSR count). The third-order valence-electron chi connectivity index (χ3n) is 4.94. The molecular weight excluding hydrogens is 397 g/mol. The molecule has 0 atom stereocenters. The first-order chi connectivity index (χ1) is 14.5. The highest BCUT2D eigenvalue weighted by Gasteiger charge is 2.32. The van der Waals surface area contributed by atoms with Gasteiger partial charge in [-0.2, -0.15) is 0 Å². The molecule has 0 saturated carbocycles. The number of hydrazine groups is 1. The maximum atomic E-state index is 13.4. The second kappa shape index (κ2) is 8.43. The van der Waals surface area contributed by atoms with Crippen LogP contribution in [0, 0.1) is 6.92 Å². The normalized spacial score (nSPS) is 13.0. The molecule has 0 spiro atoms.